The van der Waals surface area contributed by atoms with Gasteiger partial charge in [0, 0.05) is 5.56 Å². The van der Waals surface area contributed by atoms with E-state index in [-0.39, 0.29) is 5.56 Å². The van der Waals surface area contributed by atoms with Crippen LogP contribution in [0.15, 0.2) is 24.3 Å². The summed E-state index contributed by atoms with van der Waals surface area (Å²) in [6.45, 7) is 1.91. The van der Waals surface area contributed by atoms with Gasteiger partial charge in [-0.25, -0.2) is 0 Å². The zero-order valence-corrected chi connectivity index (χ0v) is 11.5. The van der Waals surface area contributed by atoms with Gasteiger partial charge in [-0.1, -0.05) is 25.8 Å². The Kier molecular flexibility index (Phi) is 5.75. The number of hydrogen-bond donors (Lipinski definition) is 2. The molecule has 1 rings (SSSR count). The standard InChI is InChI=1S/C14H17F3N2O2/c1-2-3-7-11(12(18)20)19-13(21)9-5-4-6-10(8-9)14(15,16)17/h4-6,8,11H,2-3,7H2,1H3,(H2,18,20)(H,19,21)/t11-/m1/s1. The lowest BCUT2D eigenvalue weighted by atomic mass is 10.1. The molecule has 0 aliphatic heterocycles. The smallest absolute Gasteiger partial charge is 0.368 e. The van der Waals surface area contributed by atoms with Gasteiger partial charge in [-0.2, -0.15) is 13.2 Å². The van der Waals surface area contributed by atoms with Crippen LogP contribution in [-0.2, 0) is 11.0 Å². The van der Waals surface area contributed by atoms with Gasteiger partial charge in [0.1, 0.15) is 6.04 Å². The van der Waals surface area contributed by atoms with Crippen LogP contribution >= 0.6 is 0 Å². The minimum Gasteiger partial charge on any atom is -0.368 e. The number of primary amides is 1. The second-order valence-corrected chi connectivity index (χ2v) is 4.65. The predicted octanol–water partition coefficient (Wildman–Crippen LogP) is 2.48. The van der Waals surface area contributed by atoms with Gasteiger partial charge in [0.15, 0.2) is 0 Å². The summed E-state index contributed by atoms with van der Waals surface area (Å²) in [7, 11) is 0. The molecule has 116 valence electrons. The van der Waals surface area contributed by atoms with Crippen molar-refractivity contribution >= 4 is 11.8 Å². The first-order valence-electron chi connectivity index (χ1n) is 6.53. The summed E-state index contributed by atoms with van der Waals surface area (Å²) in [6, 6.07) is 3.13. The van der Waals surface area contributed by atoms with Crippen LogP contribution in [0.1, 0.15) is 42.1 Å². The van der Waals surface area contributed by atoms with Crippen molar-refractivity contribution < 1.29 is 22.8 Å². The van der Waals surface area contributed by atoms with E-state index < -0.39 is 29.6 Å². The number of benzene rings is 1. The Balaban J connectivity index is 2.85. The summed E-state index contributed by atoms with van der Waals surface area (Å²) < 4.78 is 37.7. The lowest BCUT2D eigenvalue weighted by Gasteiger charge is -2.15. The minimum absolute atomic E-state index is 0.160. The number of carbonyl (C=O) groups is 2. The topological polar surface area (TPSA) is 72.2 Å². The Morgan fingerprint density at radius 3 is 2.52 bits per heavy atom. The summed E-state index contributed by atoms with van der Waals surface area (Å²) in [5, 5.41) is 2.37. The normalized spacial score (nSPS) is 12.8. The van der Waals surface area contributed by atoms with Crippen LogP contribution in [0.3, 0.4) is 0 Å². The fourth-order valence-corrected chi connectivity index (χ4v) is 1.77. The molecule has 0 aromatic heterocycles. The minimum atomic E-state index is -4.53. The molecule has 0 spiro atoms. The molecule has 1 aromatic carbocycles. The van der Waals surface area contributed by atoms with Crippen LogP contribution in [0.25, 0.3) is 0 Å². The number of rotatable bonds is 6. The Labute approximate surface area is 120 Å². The first kappa shape index (κ1) is 17.0. The highest BCUT2D eigenvalue weighted by Crippen LogP contribution is 2.29. The molecular formula is C14H17F3N2O2. The lowest BCUT2D eigenvalue weighted by molar-refractivity contribution is -0.137. The molecule has 0 radical (unpaired) electrons. The van der Waals surface area contributed by atoms with E-state index in [1.54, 1.807) is 0 Å². The second-order valence-electron chi connectivity index (χ2n) is 4.65. The van der Waals surface area contributed by atoms with E-state index in [1.807, 2.05) is 6.92 Å². The van der Waals surface area contributed by atoms with Crippen molar-refractivity contribution in [1.82, 2.24) is 5.32 Å². The molecule has 2 amide bonds. The fraction of sp³-hybridized carbons (Fsp3) is 0.429. The van der Waals surface area contributed by atoms with Crippen molar-refractivity contribution in [3.05, 3.63) is 35.4 Å². The Bertz CT molecular complexity index is 515. The van der Waals surface area contributed by atoms with E-state index in [1.165, 1.54) is 6.07 Å². The molecule has 4 nitrogen and oxygen atoms in total. The van der Waals surface area contributed by atoms with Crippen LogP contribution in [0.4, 0.5) is 13.2 Å². The quantitative estimate of drug-likeness (QED) is 0.847. The van der Waals surface area contributed by atoms with Crippen LogP contribution in [0.5, 0.6) is 0 Å². The number of nitrogens with two attached hydrogens (primary N) is 1. The van der Waals surface area contributed by atoms with Crippen molar-refractivity contribution in [2.24, 2.45) is 5.73 Å². The molecule has 0 saturated heterocycles. The number of amides is 2. The maximum atomic E-state index is 12.6. The molecule has 7 heteroatoms. The van der Waals surface area contributed by atoms with Gasteiger partial charge >= 0.3 is 6.18 Å². The van der Waals surface area contributed by atoms with Crippen LogP contribution in [0, 0.1) is 0 Å². The first-order valence-corrected chi connectivity index (χ1v) is 6.53. The van der Waals surface area contributed by atoms with Crippen LogP contribution in [-0.4, -0.2) is 17.9 Å². The summed E-state index contributed by atoms with van der Waals surface area (Å²) in [5.74, 6) is -1.45. The van der Waals surface area contributed by atoms with Gasteiger partial charge < -0.3 is 11.1 Å². The van der Waals surface area contributed by atoms with E-state index in [2.05, 4.69) is 5.32 Å². The number of alkyl halides is 3. The van der Waals surface area contributed by atoms with Crippen molar-refractivity contribution in [2.75, 3.05) is 0 Å². The monoisotopic (exact) mass is 302 g/mol. The maximum absolute atomic E-state index is 12.6. The number of nitrogens with one attached hydrogen (secondary N) is 1. The molecule has 0 saturated carbocycles. The van der Waals surface area contributed by atoms with Gasteiger partial charge in [-0.15, -0.1) is 0 Å². The molecule has 1 aromatic rings. The average molecular weight is 302 g/mol. The van der Waals surface area contributed by atoms with Crippen molar-refractivity contribution in [1.29, 1.82) is 0 Å². The van der Waals surface area contributed by atoms with Crippen molar-refractivity contribution in [2.45, 2.75) is 38.4 Å². The third-order valence-corrected chi connectivity index (χ3v) is 2.95. The van der Waals surface area contributed by atoms with Crippen molar-refractivity contribution in [3.8, 4) is 0 Å². The second kappa shape index (κ2) is 7.10. The van der Waals surface area contributed by atoms with E-state index in [4.69, 9.17) is 5.73 Å². The summed E-state index contributed by atoms with van der Waals surface area (Å²) in [4.78, 5) is 23.1. The number of hydrogen-bond acceptors (Lipinski definition) is 2. The molecule has 3 N–H and O–H groups in total. The first-order chi connectivity index (χ1) is 9.75. The van der Waals surface area contributed by atoms with Gasteiger partial charge in [-0.05, 0) is 24.6 Å². The summed E-state index contributed by atoms with van der Waals surface area (Å²) in [6.07, 6.45) is -2.68. The van der Waals surface area contributed by atoms with E-state index in [0.29, 0.717) is 12.8 Å². The molecular weight excluding hydrogens is 285 g/mol. The summed E-state index contributed by atoms with van der Waals surface area (Å²) >= 11 is 0. The Hall–Kier alpha value is -2.05. The third-order valence-electron chi connectivity index (χ3n) is 2.95. The van der Waals surface area contributed by atoms with Crippen molar-refractivity contribution in [3.63, 3.8) is 0 Å². The third kappa shape index (κ3) is 5.09. The largest absolute Gasteiger partial charge is 0.416 e. The van der Waals surface area contributed by atoms with Crippen LogP contribution in [0.2, 0.25) is 0 Å². The molecule has 1 atom stereocenters. The SMILES string of the molecule is CCCC[C@@H](NC(=O)c1cccc(C(F)(F)F)c1)C(N)=O. The molecule has 0 unspecified atom stereocenters. The predicted molar refractivity (Wildman–Crippen MR) is 71.4 cm³/mol. The molecule has 0 heterocycles. The van der Waals surface area contributed by atoms with Gasteiger partial charge in [-0.3, -0.25) is 9.59 Å². The van der Waals surface area contributed by atoms with E-state index >= 15 is 0 Å². The lowest BCUT2D eigenvalue weighted by Crippen LogP contribution is -2.44. The van der Waals surface area contributed by atoms with E-state index in [0.717, 1.165) is 24.6 Å². The fourth-order valence-electron chi connectivity index (χ4n) is 1.77. The number of carbonyl (C=O) groups excluding carboxylic acids is 2. The molecule has 21 heavy (non-hydrogen) atoms. The highest BCUT2D eigenvalue weighted by atomic mass is 19.4. The average Bonchev–Trinajstić information content (AvgIpc) is 2.42. The van der Waals surface area contributed by atoms with Crippen LogP contribution < -0.4 is 11.1 Å². The van der Waals surface area contributed by atoms with E-state index in [9.17, 15) is 22.8 Å². The number of halogens is 3. The molecule has 0 fully saturated rings. The Morgan fingerprint density at radius 1 is 1.33 bits per heavy atom. The summed E-state index contributed by atoms with van der Waals surface area (Å²) in [5.41, 5.74) is 4.09. The Morgan fingerprint density at radius 2 is 2.00 bits per heavy atom. The zero-order chi connectivity index (χ0) is 16.0. The maximum Gasteiger partial charge on any atom is 0.416 e. The molecule has 0 aliphatic rings. The van der Waals surface area contributed by atoms with Gasteiger partial charge in [0.05, 0.1) is 5.56 Å². The van der Waals surface area contributed by atoms with Gasteiger partial charge in [0.2, 0.25) is 5.91 Å². The number of unbranched alkanes of at least 4 members (excludes halogenated alkanes) is 1. The molecule has 0 bridgehead atoms. The molecule has 0 aliphatic carbocycles. The van der Waals surface area contributed by atoms with Gasteiger partial charge in [0.25, 0.3) is 5.91 Å². The highest BCUT2D eigenvalue weighted by Gasteiger charge is 2.31. The zero-order valence-electron chi connectivity index (χ0n) is 11.5. The highest BCUT2D eigenvalue weighted by molar-refractivity contribution is 5.97.